The number of aliphatic carboxylic acids is 1. The maximum Gasteiger partial charge on any atom is 0.359 e. The van der Waals surface area contributed by atoms with E-state index in [-0.39, 0.29) is 23.5 Å². The number of nitrogens with one attached hydrogen (secondary N) is 2. The molecule has 0 aromatic rings. The summed E-state index contributed by atoms with van der Waals surface area (Å²) in [6, 6.07) is 0. The Hall–Kier alpha value is -0.0700. The fraction of sp³-hybridized carbons (Fsp3) is 0.600. The van der Waals surface area contributed by atoms with Crippen molar-refractivity contribution in [3.8, 4) is 0 Å². The summed E-state index contributed by atoms with van der Waals surface area (Å²) in [5.74, 6) is 0.0452. The normalized spacial score (nSPS) is 22.9. The third kappa shape index (κ3) is 3.22. The van der Waals surface area contributed by atoms with Crippen molar-refractivity contribution in [3.63, 3.8) is 0 Å². The highest BCUT2D eigenvalue weighted by Crippen LogP contribution is 1.99. The first-order chi connectivity index (χ1) is 4.70. The predicted octanol–water partition coefficient (Wildman–Crippen LogP) is -4.36. The zero-order valence-electron chi connectivity index (χ0n) is 5.76. The average molecular weight is 241 g/mol. The van der Waals surface area contributed by atoms with Gasteiger partial charge in [-0.25, -0.2) is 10.2 Å². The van der Waals surface area contributed by atoms with Gasteiger partial charge in [-0.15, -0.1) is 0 Å². The first kappa shape index (κ1) is 10.9. The second kappa shape index (κ2) is 4.74. The number of hydrogen-bond acceptors (Lipinski definition) is 3. The Kier molecular flexibility index (Phi) is 4.71. The number of thioether (sulfide) groups is 1. The summed E-state index contributed by atoms with van der Waals surface area (Å²) in [6.45, 7) is 0.821. The highest BCUT2D eigenvalue weighted by atomic mass is 79.9. The summed E-state index contributed by atoms with van der Waals surface area (Å²) in [5, 5.41) is 16.1. The van der Waals surface area contributed by atoms with Crippen LogP contribution in [0.4, 0.5) is 0 Å². The van der Waals surface area contributed by atoms with Gasteiger partial charge in [-0.3, -0.25) is 4.90 Å². The molecule has 64 valence electrons. The minimum atomic E-state index is -0.831. The van der Waals surface area contributed by atoms with Crippen molar-refractivity contribution < 1.29 is 31.8 Å². The predicted molar refractivity (Wildman–Crippen MR) is 38.5 cm³/mol. The third-order valence-corrected chi connectivity index (χ3v) is 2.32. The lowest BCUT2D eigenvalue weighted by Gasteiger charge is -2.05. The molecule has 1 fully saturated rings. The van der Waals surface area contributed by atoms with Crippen LogP contribution >= 0.6 is 11.8 Å². The van der Waals surface area contributed by atoms with Gasteiger partial charge in [0.1, 0.15) is 0 Å². The summed E-state index contributed by atoms with van der Waals surface area (Å²) >= 11 is 1.43. The molecule has 1 aliphatic rings. The molecule has 6 heteroatoms. The molecule has 0 aliphatic carbocycles. The fourth-order valence-corrected chi connectivity index (χ4v) is 1.77. The first-order valence-corrected chi connectivity index (χ1v) is 3.97. The Balaban J connectivity index is 0.000001000. The standard InChI is InChI=1S/C5H8N2O2S.BrH/c6-5-7(1-2-10-5)3-4(8)9;/h6H,1-3H2,(H,8,9);1H. The van der Waals surface area contributed by atoms with Gasteiger partial charge in [0.2, 0.25) is 0 Å². The molecular formula is C5H9BrN2O2S. The second-order valence-corrected chi connectivity index (χ2v) is 3.21. The van der Waals surface area contributed by atoms with Crippen LogP contribution in [0.2, 0.25) is 0 Å². The van der Waals surface area contributed by atoms with Crippen molar-refractivity contribution >= 4 is 22.9 Å². The highest BCUT2D eigenvalue weighted by molar-refractivity contribution is 8.13. The smallest absolute Gasteiger partial charge is 0.359 e. The fourth-order valence-electron chi connectivity index (χ4n) is 0.843. The van der Waals surface area contributed by atoms with Gasteiger partial charge in [0.15, 0.2) is 6.54 Å². The van der Waals surface area contributed by atoms with E-state index in [1.807, 2.05) is 0 Å². The highest BCUT2D eigenvalue weighted by Gasteiger charge is 2.25. The Bertz CT molecular complexity index is 176. The molecule has 3 N–H and O–H groups in total. The second-order valence-electron chi connectivity index (χ2n) is 2.10. The van der Waals surface area contributed by atoms with Gasteiger partial charge in [0.05, 0.1) is 12.3 Å². The van der Waals surface area contributed by atoms with Crippen LogP contribution in [0.5, 0.6) is 0 Å². The maximum absolute atomic E-state index is 10.2. The minimum Gasteiger partial charge on any atom is -1.00 e. The number of carbonyl (C=O) groups is 1. The van der Waals surface area contributed by atoms with E-state index in [2.05, 4.69) is 0 Å². The van der Waals surface area contributed by atoms with Gasteiger partial charge in [0.25, 0.3) is 5.17 Å². The topological polar surface area (TPSA) is 65.6 Å². The molecule has 1 atom stereocenters. The van der Waals surface area contributed by atoms with Gasteiger partial charge >= 0.3 is 5.97 Å². The Morgan fingerprint density at radius 1 is 1.82 bits per heavy atom. The third-order valence-electron chi connectivity index (χ3n) is 1.34. The lowest BCUT2D eigenvalue weighted by atomic mass is 10.5. The number of hydrogen-bond donors (Lipinski definition) is 3. The average Bonchev–Trinajstić information content (AvgIpc) is 2.15. The lowest BCUT2D eigenvalue weighted by Crippen LogP contribution is -3.13. The van der Waals surface area contributed by atoms with Crippen LogP contribution in [-0.4, -0.2) is 35.1 Å². The van der Waals surface area contributed by atoms with Gasteiger partial charge in [0, 0.05) is 0 Å². The largest absolute Gasteiger partial charge is 1.00 e. The van der Waals surface area contributed by atoms with Gasteiger partial charge in [-0.05, 0) is 11.8 Å². The van der Waals surface area contributed by atoms with Crippen molar-refractivity contribution in [2.45, 2.75) is 0 Å². The summed E-state index contributed by atoms with van der Waals surface area (Å²) in [6.07, 6.45) is 0. The Labute approximate surface area is 79.2 Å². The van der Waals surface area contributed by atoms with Crippen LogP contribution in [0, 0.1) is 5.41 Å². The zero-order valence-corrected chi connectivity index (χ0v) is 8.17. The SMILES string of the molecule is N=C1SCC[NH+]1CC(=O)O.[Br-]. The molecule has 1 rings (SSSR count). The molecule has 0 saturated carbocycles. The molecule has 0 bridgehead atoms. The van der Waals surface area contributed by atoms with E-state index < -0.39 is 5.97 Å². The van der Waals surface area contributed by atoms with Gasteiger partial charge in [-0.1, -0.05) is 0 Å². The maximum atomic E-state index is 10.2. The van der Waals surface area contributed by atoms with Crippen molar-refractivity contribution in [2.75, 3.05) is 18.8 Å². The van der Waals surface area contributed by atoms with Crippen LogP contribution in [-0.2, 0) is 4.79 Å². The van der Waals surface area contributed by atoms with E-state index >= 15 is 0 Å². The van der Waals surface area contributed by atoms with Crippen molar-refractivity contribution in [1.82, 2.24) is 0 Å². The van der Waals surface area contributed by atoms with Gasteiger partial charge < -0.3 is 22.1 Å². The zero-order chi connectivity index (χ0) is 7.56. The van der Waals surface area contributed by atoms with E-state index in [0.29, 0.717) is 5.17 Å². The van der Waals surface area contributed by atoms with Crippen LogP contribution in [0.3, 0.4) is 0 Å². The molecule has 1 heterocycles. The monoisotopic (exact) mass is 240 g/mol. The Morgan fingerprint density at radius 3 is 2.82 bits per heavy atom. The number of carboxylic acid groups (broad SMARTS) is 1. The summed E-state index contributed by atoms with van der Waals surface area (Å²) < 4.78 is 0. The van der Waals surface area contributed by atoms with Crippen molar-refractivity contribution in [3.05, 3.63) is 0 Å². The number of quaternary nitrogens is 1. The molecule has 0 aromatic carbocycles. The molecular weight excluding hydrogens is 232 g/mol. The minimum absolute atomic E-state index is 0. The number of halogens is 1. The summed E-state index contributed by atoms with van der Waals surface area (Å²) in [5.41, 5.74) is 0. The number of amidine groups is 1. The number of carboxylic acids is 1. The van der Waals surface area contributed by atoms with E-state index in [9.17, 15) is 4.79 Å². The van der Waals surface area contributed by atoms with Crippen LogP contribution in [0.15, 0.2) is 0 Å². The molecule has 1 saturated heterocycles. The van der Waals surface area contributed by atoms with E-state index in [1.54, 1.807) is 0 Å². The Morgan fingerprint density at radius 2 is 2.45 bits per heavy atom. The molecule has 0 amide bonds. The molecule has 11 heavy (non-hydrogen) atoms. The molecule has 0 aromatic heterocycles. The molecule has 0 radical (unpaired) electrons. The molecule has 1 unspecified atom stereocenters. The molecule has 4 nitrogen and oxygen atoms in total. The van der Waals surface area contributed by atoms with Crippen LogP contribution < -0.4 is 21.9 Å². The lowest BCUT2D eigenvalue weighted by molar-refractivity contribution is -0.787. The van der Waals surface area contributed by atoms with E-state index in [0.717, 1.165) is 17.2 Å². The molecule has 0 spiro atoms. The molecule has 1 aliphatic heterocycles. The summed E-state index contributed by atoms with van der Waals surface area (Å²) in [7, 11) is 0. The first-order valence-electron chi connectivity index (χ1n) is 2.98. The van der Waals surface area contributed by atoms with E-state index in [1.165, 1.54) is 11.8 Å². The van der Waals surface area contributed by atoms with Crippen molar-refractivity contribution in [2.24, 2.45) is 0 Å². The van der Waals surface area contributed by atoms with Crippen LogP contribution in [0.1, 0.15) is 0 Å². The van der Waals surface area contributed by atoms with Crippen LogP contribution in [0.25, 0.3) is 0 Å². The number of rotatable bonds is 2. The van der Waals surface area contributed by atoms with Gasteiger partial charge in [-0.2, -0.15) is 0 Å². The van der Waals surface area contributed by atoms with Crippen molar-refractivity contribution in [1.29, 1.82) is 5.41 Å². The quantitative estimate of drug-likeness (QED) is 0.458. The summed E-state index contributed by atoms with van der Waals surface area (Å²) in [4.78, 5) is 10.9. The van der Waals surface area contributed by atoms with E-state index in [4.69, 9.17) is 10.5 Å².